The molecule has 2 aromatic heterocycles. The van der Waals surface area contributed by atoms with Crippen LogP contribution in [0.2, 0.25) is 0 Å². The van der Waals surface area contributed by atoms with Crippen LogP contribution >= 0.6 is 0 Å². The van der Waals surface area contributed by atoms with Crippen molar-refractivity contribution in [2.45, 2.75) is 0 Å². The van der Waals surface area contributed by atoms with Gasteiger partial charge in [0.2, 0.25) is 0 Å². The smallest absolute Gasteiger partial charge is 0.0541 e. The van der Waals surface area contributed by atoms with Gasteiger partial charge in [0.05, 0.1) is 27.8 Å². The van der Waals surface area contributed by atoms with Gasteiger partial charge in [-0.15, -0.1) is 0 Å². The van der Waals surface area contributed by atoms with Gasteiger partial charge >= 0.3 is 0 Å². The molecule has 0 unspecified atom stereocenters. The van der Waals surface area contributed by atoms with E-state index >= 15 is 0 Å². The average Bonchev–Trinajstić information content (AvgIpc) is 3.69. The lowest BCUT2D eigenvalue weighted by molar-refractivity contribution is 1.18. The van der Waals surface area contributed by atoms with E-state index in [1.54, 1.807) is 6.08 Å². The molecular weight excluding hydrogens is 605 g/mol. The highest BCUT2D eigenvalue weighted by molar-refractivity contribution is 6.13. The zero-order valence-corrected chi connectivity index (χ0v) is 27.6. The first-order valence-corrected chi connectivity index (χ1v) is 17.0. The monoisotopic (exact) mass is 638 g/mol. The average molecular weight is 639 g/mol. The fraction of sp³-hybridized carbons (Fsp3) is 0. The Morgan fingerprint density at radius 2 is 0.980 bits per heavy atom. The molecule has 0 aliphatic carbocycles. The van der Waals surface area contributed by atoms with Crippen LogP contribution in [-0.2, 0) is 0 Å². The minimum absolute atomic E-state index is 1.05. The molecule has 236 valence electrons. The number of aromatic nitrogens is 2. The number of nitrogens with zero attached hydrogens (tertiary/aromatic N) is 2. The Bertz CT molecular complexity index is 2770. The number of hydrogen-bond acceptors (Lipinski definition) is 0. The second kappa shape index (κ2) is 12.1. The van der Waals surface area contributed by atoms with Crippen LogP contribution in [0.5, 0.6) is 0 Å². The summed E-state index contributed by atoms with van der Waals surface area (Å²) >= 11 is 0. The lowest BCUT2D eigenvalue weighted by atomic mass is 10.0. The van der Waals surface area contributed by atoms with Crippen molar-refractivity contribution >= 4 is 49.2 Å². The van der Waals surface area contributed by atoms with Crippen molar-refractivity contribution in [3.63, 3.8) is 0 Å². The van der Waals surface area contributed by atoms with Crippen LogP contribution < -0.4 is 0 Å². The van der Waals surface area contributed by atoms with Crippen molar-refractivity contribution in [1.29, 1.82) is 0 Å². The minimum Gasteiger partial charge on any atom is -0.309 e. The standard InChI is InChI=1S/C48H34N2/c1-3-14-33(4-2)34-23-27-38(28-24-34)49-45-21-12-9-18-40(45)42-31-36(25-29-47(42)49)37-26-30-48-43(32-37)41-19-10-13-22-46(41)50(48)44-20-11-8-17-39(44)35-15-6-5-7-16-35/h3-32H,1-2H2/b33-14+. The maximum absolute atomic E-state index is 3.98. The Hall–Kier alpha value is -6.64. The molecule has 7 aromatic carbocycles. The second-order valence-electron chi connectivity index (χ2n) is 12.7. The molecule has 0 N–H and O–H groups in total. The molecule has 0 aliphatic rings. The van der Waals surface area contributed by atoms with E-state index in [1.165, 1.54) is 71.6 Å². The van der Waals surface area contributed by atoms with Crippen molar-refractivity contribution < 1.29 is 0 Å². The molecule has 0 aliphatic heterocycles. The Labute approximate surface area is 291 Å². The van der Waals surface area contributed by atoms with Gasteiger partial charge in [0, 0.05) is 32.8 Å². The summed E-state index contributed by atoms with van der Waals surface area (Å²) in [7, 11) is 0. The summed E-state index contributed by atoms with van der Waals surface area (Å²) in [5.41, 5.74) is 14.1. The summed E-state index contributed by atoms with van der Waals surface area (Å²) in [6.07, 6.45) is 5.66. The van der Waals surface area contributed by atoms with Crippen molar-refractivity contribution in [3.8, 4) is 33.6 Å². The highest BCUT2D eigenvalue weighted by atomic mass is 15.0. The SMILES string of the molecule is C=C/C=C(\C=C)c1ccc(-n2c3ccccc3c3cc(-c4ccc5c(c4)c4ccccc4n5-c4ccccc4-c4ccccc4)ccc32)cc1. The largest absolute Gasteiger partial charge is 0.309 e. The summed E-state index contributed by atoms with van der Waals surface area (Å²) < 4.78 is 4.79. The highest BCUT2D eigenvalue weighted by Gasteiger charge is 2.17. The summed E-state index contributed by atoms with van der Waals surface area (Å²) in [6, 6.07) is 59.4. The normalized spacial score (nSPS) is 11.9. The quantitative estimate of drug-likeness (QED) is 0.154. The summed E-state index contributed by atoms with van der Waals surface area (Å²) in [5.74, 6) is 0. The molecule has 0 saturated heterocycles. The number of fused-ring (bicyclic) bond motifs is 6. The lowest BCUT2D eigenvalue weighted by Gasteiger charge is -2.14. The van der Waals surface area contributed by atoms with Gasteiger partial charge in [-0.2, -0.15) is 0 Å². The van der Waals surface area contributed by atoms with Gasteiger partial charge in [0.15, 0.2) is 0 Å². The Balaban J connectivity index is 1.20. The number of para-hydroxylation sites is 3. The van der Waals surface area contributed by atoms with Crippen LogP contribution in [0.1, 0.15) is 5.56 Å². The van der Waals surface area contributed by atoms with Gasteiger partial charge in [-0.25, -0.2) is 0 Å². The van der Waals surface area contributed by atoms with E-state index in [4.69, 9.17) is 0 Å². The lowest BCUT2D eigenvalue weighted by Crippen LogP contribution is -1.97. The molecule has 0 spiro atoms. The number of hydrogen-bond donors (Lipinski definition) is 0. The predicted octanol–water partition coefficient (Wildman–Crippen LogP) is 13.0. The number of allylic oxidation sites excluding steroid dienone is 4. The zero-order chi connectivity index (χ0) is 33.6. The molecular formula is C48H34N2. The molecule has 9 aromatic rings. The molecule has 50 heavy (non-hydrogen) atoms. The van der Waals surface area contributed by atoms with Crippen molar-refractivity contribution in [2.75, 3.05) is 0 Å². The van der Waals surface area contributed by atoms with Gasteiger partial charge in [-0.1, -0.05) is 141 Å². The number of benzene rings is 7. The van der Waals surface area contributed by atoms with E-state index in [0.29, 0.717) is 0 Å². The van der Waals surface area contributed by atoms with Crippen LogP contribution in [0.3, 0.4) is 0 Å². The molecule has 2 nitrogen and oxygen atoms in total. The first-order chi connectivity index (χ1) is 24.7. The minimum atomic E-state index is 1.05. The fourth-order valence-electron chi connectivity index (χ4n) is 7.59. The van der Waals surface area contributed by atoms with E-state index in [1.807, 2.05) is 12.2 Å². The molecule has 0 saturated carbocycles. The van der Waals surface area contributed by atoms with E-state index in [0.717, 1.165) is 16.8 Å². The van der Waals surface area contributed by atoms with Crippen LogP contribution in [0.4, 0.5) is 0 Å². The van der Waals surface area contributed by atoms with Gasteiger partial charge in [-0.3, -0.25) is 0 Å². The Kier molecular flexibility index (Phi) is 7.14. The maximum Gasteiger partial charge on any atom is 0.0541 e. The summed E-state index contributed by atoms with van der Waals surface area (Å²) in [4.78, 5) is 0. The molecule has 0 fully saturated rings. The summed E-state index contributed by atoms with van der Waals surface area (Å²) in [6.45, 7) is 7.84. The van der Waals surface area contributed by atoms with Crippen molar-refractivity contribution in [2.24, 2.45) is 0 Å². The van der Waals surface area contributed by atoms with Crippen LogP contribution in [-0.4, -0.2) is 9.13 Å². The molecule has 0 radical (unpaired) electrons. The Morgan fingerprint density at radius 1 is 0.440 bits per heavy atom. The highest BCUT2D eigenvalue weighted by Crippen LogP contribution is 2.40. The van der Waals surface area contributed by atoms with E-state index in [9.17, 15) is 0 Å². The maximum atomic E-state index is 3.98. The third-order valence-electron chi connectivity index (χ3n) is 9.88. The zero-order valence-electron chi connectivity index (χ0n) is 27.6. The Morgan fingerprint density at radius 3 is 1.62 bits per heavy atom. The third-order valence-corrected chi connectivity index (χ3v) is 9.88. The molecule has 0 amide bonds. The predicted molar refractivity (Wildman–Crippen MR) is 214 cm³/mol. The molecule has 0 atom stereocenters. The molecule has 2 heterocycles. The topological polar surface area (TPSA) is 9.86 Å². The van der Waals surface area contributed by atoms with Crippen LogP contribution in [0.25, 0.3) is 82.8 Å². The van der Waals surface area contributed by atoms with Crippen LogP contribution in [0, 0.1) is 0 Å². The fourth-order valence-corrected chi connectivity index (χ4v) is 7.59. The first kappa shape index (κ1) is 29.5. The van der Waals surface area contributed by atoms with Gasteiger partial charge in [-0.05, 0) is 82.4 Å². The molecule has 9 rings (SSSR count). The van der Waals surface area contributed by atoms with E-state index < -0.39 is 0 Å². The van der Waals surface area contributed by atoms with E-state index in [-0.39, 0.29) is 0 Å². The van der Waals surface area contributed by atoms with Gasteiger partial charge < -0.3 is 9.13 Å². The summed E-state index contributed by atoms with van der Waals surface area (Å²) in [5, 5.41) is 4.96. The molecule has 0 bridgehead atoms. The van der Waals surface area contributed by atoms with Crippen LogP contribution in [0.15, 0.2) is 195 Å². The third kappa shape index (κ3) is 4.73. The van der Waals surface area contributed by atoms with Gasteiger partial charge in [0.25, 0.3) is 0 Å². The van der Waals surface area contributed by atoms with Gasteiger partial charge in [0.1, 0.15) is 0 Å². The number of rotatable bonds is 7. The van der Waals surface area contributed by atoms with Crippen molar-refractivity contribution in [3.05, 3.63) is 201 Å². The second-order valence-corrected chi connectivity index (χ2v) is 12.7. The molecule has 2 heteroatoms. The van der Waals surface area contributed by atoms with Crippen molar-refractivity contribution in [1.82, 2.24) is 9.13 Å². The first-order valence-electron chi connectivity index (χ1n) is 17.0. The van der Waals surface area contributed by atoms with E-state index in [2.05, 4.69) is 186 Å².